The molecule has 0 spiro atoms. The predicted molar refractivity (Wildman–Crippen MR) is 38.6 cm³/mol. The Hall–Kier alpha value is 6.36. The van der Waals surface area contributed by atoms with E-state index >= 15 is 0 Å². The fourth-order valence-corrected chi connectivity index (χ4v) is 0. The van der Waals surface area contributed by atoms with Crippen molar-refractivity contribution in [3.05, 3.63) is 0 Å². The van der Waals surface area contributed by atoms with Crippen molar-refractivity contribution in [3.8, 4) is 0 Å². The standard InChI is InChI=1S/Ca.7ClH.K.Na.H3P/h;7*1H;;;1H3/q+2;;;;;;;;2*+1;/p-4. The Bertz CT molecular complexity index is 18.4. The SMILES string of the molecule is Cl.Cl.Cl.P.[Ca+2].[Cl-].[Cl-].[Cl-].[Cl-].[K+].[Na+]. The molecular formula is H6CaCl7KNaP. The van der Waals surface area contributed by atoms with Gasteiger partial charge in [0.25, 0.3) is 0 Å². The van der Waals surface area contributed by atoms with Crippen molar-refractivity contribution in [1.29, 1.82) is 0 Å². The van der Waals surface area contributed by atoms with Crippen LogP contribution in [0.4, 0.5) is 0 Å². The molecule has 0 aromatic rings. The molecule has 0 aliphatic rings. The summed E-state index contributed by atoms with van der Waals surface area (Å²) in [5.41, 5.74) is 0. The Kier molecular flexibility index (Phi) is 997. The van der Waals surface area contributed by atoms with E-state index in [1.165, 1.54) is 0 Å². The molecule has 0 nitrogen and oxygen atoms in total. The van der Waals surface area contributed by atoms with Gasteiger partial charge < -0.3 is 49.6 Å². The Labute approximate surface area is 210 Å². The molecule has 0 radical (unpaired) electrons. The number of hydrogen-bond donors (Lipinski definition) is 0. The van der Waals surface area contributed by atoms with E-state index in [1.807, 2.05) is 0 Å². The summed E-state index contributed by atoms with van der Waals surface area (Å²) in [4.78, 5) is 0. The smallest absolute Gasteiger partial charge is 1.00 e. The van der Waals surface area contributed by atoms with Crippen LogP contribution < -0.4 is 131 Å². The Balaban J connectivity index is 0. The molecule has 64 valence electrons. The summed E-state index contributed by atoms with van der Waals surface area (Å²) in [5.74, 6) is 0. The number of halogens is 7. The second kappa shape index (κ2) is 95.5. The molecule has 0 rings (SSSR count). The van der Waals surface area contributed by atoms with Gasteiger partial charge in [-0.05, 0) is 0 Å². The minimum absolute atomic E-state index is 0. The quantitative estimate of drug-likeness (QED) is 0.286. The largest absolute Gasteiger partial charge is 2.00 e. The van der Waals surface area contributed by atoms with Gasteiger partial charge in [-0.2, -0.15) is 9.90 Å². The molecule has 0 bridgehead atoms. The van der Waals surface area contributed by atoms with E-state index in [-0.39, 0.29) is 215 Å². The second-order valence-electron chi connectivity index (χ2n) is 0. The molecule has 0 saturated carbocycles. The van der Waals surface area contributed by atoms with Crippen LogP contribution in [0.25, 0.3) is 0 Å². The van der Waals surface area contributed by atoms with Gasteiger partial charge in [0, 0.05) is 0 Å². The molecule has 0 aliphatic heterocycles. The van der Waals surface area contributed by atoms with Crippen molar-refractivity contribution >= 4 is 84.9 Å². The van der Waals surface area contributed by atoms with E-state index in [0.717, 1.165) is 0 Å². The van der Waals surface area contributed by atoms with Gasteiger partial charge in [-0.25, -0.2) is 0 Å². The molecule has 0 amide bonds. The minimum Gasteiger partial charge on any atom is -1.00 e. The molecule has 11 heteroatoms. The fourth-order valence-electron chi connectivity index (χ4n) is 0. The van der Waals surface area contributed by atoms with Crippen molar-refractivity contribution in [2.75, 3.05) is 0 Å². The number of hydrogen-bond acceptors (Lipinski definition) is 0. The molecule has 0 fully saturated rings. The van der Waals surface area contributed by atoms with Gasteiger partial charge in [-0.1, -0.05) is 0 Å². The first-order chi connectivity index (χ1) is 0. The summed E-state index contributed by atoms with van der Waals surface area (Å²) in [6.07, 6.45) is 0. The van der Waals surface area contributed by atoms with Gasteiger partial charge in [0.2, 0.25) is 0 Å². The predicted octanol–water partition coefficient (Wildman–Crippen LogP) is -17.0. The van der Waals surface area contributed by atoms with Crippen LogP contribution in [0, 0.1) is 0 Å². The molecule has 0 aromatic carbocycles. The van der Waals surface area contributed by atoms with Gasteiger partial charge in [0.05, 0.1) is 0 Å². The summed E-state index contributed by atoms with van der Waals surface area (Å²) >= 11 is 0. The first-order valence-corrected chi connectivity index (χ1v) is 0. The average Bonchev–Trinajstić information content (AvgIpc) is 0. The zero-order valence-electron chi connectivity index (χ0n) is 6.15. The maximum Gasteiger partial charge on any atom is 2.00 e. The van der Waals surface area contributed by atoms with E-state index < -0.39 is 0 Å². The Morgan fingerprint density at radius 2 is 0.545 bits per heavy atom. The Morgan fingerprint density at radius 1 is 0.545 bits per heavy atom. The third-order valence-electron chi connectivity index (χ3n) is 0. The van der Waals surface area contributed by atoms with Gasteiger partial charge in [-0.3, -0.25) is 0 Å². The van der Waals surface area contributed by atoms with E-state index in [9.17, 15) is 0 Å². The molecule has 11 heavy (non-hydrogen) atoms. The van der Waals surface area contributed by atoms with Crippen LogP contribution in [0.3, 0.4) is 0 Å². The first kappa shape index (κ1) is 115. The van der Waals surface area contributed by atoms with Crippen LogP contribution in [0.5, 0.6) is 0 Å². The Morgan fingerprint density at radius 3 is 0.545 bits per heavy atom. The van der Waals surface area contributed by atoms with Crippen molar-refractivity contribution in [3.63, 3.8) is 0 Å². The maximum atomic E-state index is 0. The zero-order chi connectivity index (χ0) is 0. The average molecular weight is 387 g/mol. The van der Waals surface area contributed by atoms with Crippen LogP contribution in [0.1, 0.15) is 0 Å². The third-order valence-corrected chi connectivity index (χ3v) is 0. The molecule has 0 saturated heterocycles. The van der Waals surface area contributed by atoms with Crippen LogP contribution >= 0.6 is 47.1 Å². The van der Waals surface area contributed by atoms with Crippen LogP contribution in [0.2, 0.25) is 0 Å². The minimum atomic E-state index is 0. The summed E-state index contributed by atoms with van der Waals surface area (Å²) in [5, 5.41) is 0. The van der Waals surface area contributed by atoms with Gasteiger partial charge in [0.1, 0.15) is 0 Å². The van der Waals surface area contributed by atoms with E-state index in [2.05, 4.69) is 0 Å². The molecule has 0 aromatic heterocycles. The van der Waals surface area contributed by atoms with Crippen molar-refractivity contribution in [1.82, 2.24) is 0 Å². The number of rotatable bonds is 0. The second-order valence-corrected chi connectivity index (χ2v) is 0. The molecular weight excluding hydrogens is 381 g/mol. The van der Waals surface area contributed by atoms with Crippen molar-refractivity contribution in [2.45, 2.75) is 0 Å². The van der Waals surface area contributed by atoms with Crippen LogP contribution in [-0.4, -0.2) is 37.7 Å². The summed E-state index contributed by atoms with van der Waals surface area (Å²) in [6, 6.07) is 0. The van der Waals surface area contributed by atoms with E-state index in [1.54, 1.807) is 0 Å². The van der Waals surface area contributed by atoms with Gasteiger partial charge >= 0.3 is 119 Å². The first-order valence-electron chi connectivity index (χ1n) is 0. The summed E-state index contributed by atoms with van der Waals surface area (Å²) in [6.45, 7) is 0. The zero-order valence-corrected chi connectivity index (χ0v) is 20.4. The normalized spacial score (nSPS) is 0. The van der Waals surface area contributed by atoms with Crippen molar-refractivity contribution in [2.24, 2.45) is 0 Å². The van der Waals surface area contributed by atoms with Gasteiger partial charge in [0.15, 0.2) is 0 Å². The molecule has 0 heterocycles. The summed E-state index contributed by atoms with van der Waals surface area (Å²) < 4.78 is 0. The molecule has 1 unspecified atom stereocenters. The topological polar surface area (TPSA) is 0 Å². The fraction of sp³-hybridized carbons (Fsp3) is 0. The molecule has 0 aliphatic carbocycles. The van der Waals surface area contributed by atoms with E-state index in [4.69, 9.17) is 0 Å². The molecule has 1 atom stereocenters. The van der Waals surface area contributed by atoms with E-state index in [0.29, 0.717) is 0 Å². The van der Waals surface area contributed by atoms with Crippen molar-refractivity contribution < 1.29 is 131 Å². The molecule has 0 N–H and O–H groups in total. The maximum absolute atomic E-state index is 0. The van der Waals surface area contributed by atoms with Crippen LogP contribution in [-0.2, 0) is 0 Å². The monoisotopic (exact) mass is 384 g/mol. The summed E-state index contributed by atoms with van der Waals surface area (Å²) in [7, 11) is 0. The van der Waals surface area contributed by atoms with Gasteiger partial charge in [-0.15, -0.1) is 37.2 Å². The van der Waals surface area contributed by atoms with Crippen LogP contribution in [0.15, 0.2) is 0 Å². The third kappa shape index (κ3) is 83.4.